The molecule has 3 heterocycles. The van der Waals surface area contributed by atoms with Crippen molar-refractivity contribution < 1.29 is 29.1 Å². The van der Waals surface area contributed by atoms with Crippen molar-refractivity contribution in [3.8, 4) is 0 Å². The van der Waals surface area contributed by atoms with Gasteiger partial charge < -0.3 is 21.1 Å². The summed E-state index contributed by atoms with van der Waals surface area (Å²) in [4.78, 5) is 55.9. The number of amides is 6. The molecular weight excluding hydrogens is 422 g/mol. The molecule has 2 bridgehead atoms. The molecule has 0 aliphatic carbocycles. The number of aromatic nitrogens is 2. The maximum absolute atomic E-state index is 13.0. The molecule has 168 valence electrons. The van der Waals surface area contributed by atoms with Gasteiger partial charge in [-0.3, -0.25) is 4.84 Å². The van der Waals surface area contributed by atoms with Crippen molar-refractivity contribution in [2.24, 2.45) is 5.73 Å². The predicted molar refractivity (Wildman–Crippen MR) is 107 cm³/mol. The summed E-state index contributed by atoms with van der Waals surface area (Å²) in [6.45, 7) is 0.226. The first-order valence-corrected chi connectivity index (χ1v) is 9.68. The van der Waals surface area contributed by atoms with Gasteiger partial charge >= 0.3 is 24.2 Å². The fraction of sp³-hybridized carbons (Fsp3) is 0.316. The molecule has 2 aliphatic rings. The van der Waals surface area contributed by atoms with E-state index in [4.69, 9.17) is 15.7 Å². The quantitative estimate of drug-likeness (QED) is 0.623. The lowest BCUT2D eigenvalue weighted by Crippen LogP contribution is -2.41. The van der Waals surface area contributed by atoms with Crippen LogP contribution in [0.15, 0.2) is 36.5 Å². The Morgan fingerprint density at radius 3 is 2.69 bits per heavy atom. The number of carboxylic acid groups (broad SMARTS) is 1. The molecule has 1 aromatic heterocycles. The molecule has 13 nitrogen and oxygen atoms in total. The molecule has 2 atom stereocenters. The molecule has 1 fully saturated rings. The van der Waals surface area contributed by atoms with E-state index in [0.29, 0.717) is 16.2 Å². The molecule has 0 radical (unpaired) electrons. The number of nitrogens with zero attached hydrogens (tertiary/aromatic N) is 5. The average molecular weight is 443 g/mol. The van der Waals surface area contributed by atoms with E-state index in [-0.39, 0.29) is 19.7 Å². The second-order valence-corrected chi connectivity index (χ2v) is 7.33. The van der Waals surface area contributed by atoms with E-state index in [2.05, 4.69) is 10.4 Å². The fourth-order valence-corrected chi connectivity index (χ4v) is 3.75. The summed E-state index contributed by atoms with van der Waals surface area (Å²) in [7, 11) is 1.21. The van der Waals surface area contributed by atoms with Gasteiger partial charge in [0.25, 0.3) is 0 Å². The number of imide groups is 1. The van der Waals surface area contributed by atoms with E-state index in [0.717, 1.165) is 10.2 Å². The number of nitrogens with two attached hydrogens (primary N) is 1. The van der Waals surface area contributed by atoms with Crippen LogP contribution in [0.3, 0.4) is 0 Å². The monoisotopic (exact) mass is 443 g/mol. The number of primary amides is 1. The smallest absolute Gasteiger partial charge is 0.404 e. The molecule has 2 aromatic rings. The minimum atomic E-state index is -1.26. The Morgan fingerprint density at radius 2 is 2.03 bits per heavy atom. The zero-order chi connectivity index (χ0) is 23.0. The van der Waals surface area contributed by atoms with Crippen LogP contribution in [0.4, 0.5) is 19.2 Å². The van der Waals surface area contributed by atoms with Crippen molar-refractivity contribution in [1.29, 1.82) is 0 Å². The number of hydroxylamine groups is 2. The zero-order valence-corrected chi connectivity index (χ0v) is 17.0. The predicted octanol–water partition coefficient (Wildman–Crippen LogP) is 1.09. The van der Waals surface area contributed by atoms with Crippen LogP contribution in [0.2, 0.25) is 0 Å². The van der Waals surface area contributed by atoms with Crippen LogP contribution in [0.5, 0.6) is 0 Å². The van der Waals surface area contributed by atoms with Crippen LogP contribution in [0.1, 0.15) is 28.9 Å². The van der Waals surface area contributed by atoms with Gasteiger partial charge in [0.2, 0.25) is 0 Å². The Balaban J connectivity index is 1.65. The van der Waals surface area contributed by atoms with Crippen molar-refractivity contribution in [2.45, 2.75) is 18.7 Å². The van der Waals surface area contributed by atoms with E-state index < -0.39 is 36.3 Å². The lowest BCUT2D eigenvalue weighted by molar-refractivity contribution is -0.141. The fourth-order valence-electron chi connectivity index (χ4n) is 3.75. The zero-order valence-electron chi connectivity index (χ0n) is 17.0. The van der Waals surface area contributed by atoms with Crippen molar-refractivity contribution in [3.63, 3.8) is 0 Å². The second kappa shape index (κ2) is 8.19. The summed E-state index contributed by atoms with van der Waals surface area (Å²) < 4.78 is 0.949. The van der Waals surface area contributed by atoms with E-state index in [1.165, 1.54) is 23.2 Å². The Morgan fingerprint density at radius 1 is 1.31 bits per heavy atom. The van der Waals surface area contributed by atoms with E-state index in [9.17, 15) is 19.2 Å². The molecule has 4 N–H and O–H groups in total. The first kappa shape index (κ1) is 21.1. The van der Waals surface area contributed by atoms with Crippen molar-refractivity contribution in [3.05, 3.63) is 53.3 Å². The number of rotatable bonds is 5. The summed E-state index contributed by atoms with van der Waals surface area (Å²) in [5.41, 5.74) is 6.88. The highest BCUT2D eigenvalue weighted by Crippen LogP contribution is 2.43. The minimum Gasteiger partial charge on any atom is -0.465 e. The van der Waals surface area contributed by atoms with Gasteiger partial charge in [-0.2, -0.15) is 14.8 Å². The SMILES string of the molecule is CN(C(N)=O)C(=O)n1cc2c(n1)C(CNC(=O)O)N1CC2N(OCc2ccccc2)C1=O. The molecule has 6 amide bonds. The highest BCUT2D eigenvalue weighted by atomic mass is 16.7. The lowest BCUT2D eigenvalue weighted by atomic mass is 9.98. The van der Waals surface area contributed by atoms with Crippen LogP contribution in [0.25, 0.3) is 0 Å². The largest absolute Gasteiger partial charge is 0.465 e. The first-order chi connectivity index (χ1) is 15.3. The van der Waals surface area contributed by atoms with Crippen LogP contribution in [-0.2, 0) is 11.4 Å². The molecule has 2 unspecified atom stereocenters. The highest BCUT2D eigenvalue weighted by molar-refractivity contribution is 5.93. The van der Waals surface area contributed by atoms with Gasteiger partial charge in [0.05, 0.1) is 18.3 Å². The maximum Gasteiger partial charge on any atom is 0.404 e. The van der Waals surface area contributed by atoms with Gasteiger partial charge in [0.1, 0.15) is 12.6 Å². The number of fused-ring (bicyclic) bond motifs is 4. The van der Waals surface area contributed by atoms with Crippen LogP contribution in [-0.4, -0.2) is 74.1 Å². The second-order valence-electron chi connectivity index (χ2n) is 7.33. The Labute approximate surface area is 181 Å². The molecular formula is C19H21N7O6. The minimum absolute atomic E-state index is 0.135. The third-order valence-electron chi connectivity index (χ3n) is 5.38. The number of nitrogens with one attached hydrogen (secondary N) is 1. The van der Waals surface area contributed by atoms with E-state index >= 15 is 0 Å². The molecule has 1 saturated heterocycles. The van der Waals surface area contributed by atoms with E-state index in [1.807, 2.05) is 30.3 Å². The summed E-state index contributed by atoms with van der Waals surface area (Å²) in [6, 6.07) is 5.77. The van der Waals surface area contributed by atoms with Gasteiger partial charge in [0, 0.05) is 25.4 Å². The topological polar surface area (TPSA) is 163 Å². The van der Waals surface area contributed by atoms with Crippen LogP contribution in [0, 0.1) is 0 Å². The van der Waals surface area contributed by atoms with Crippen LogP contribution < -0.4 is 11.1 Å². The maximum atomic E-state index is 13.0. The average Bonchev–Trinajstić information content (AvgIpc) is 3.33. The summed E-state index contributed by atoms with van der Waals surface area (Å²) in [6.07, 6.45) is 0.145. The molecule has 13 heteroatoms. The number of urea groups is 2. The van der Waals surface area contributed by atoms with Crippen LogP contribution >= 0.6 is 0 Å². The van der Waals surface area contributed by atoms with Gasteiger partial charge in [-0.25, -0.2) is 24.1 Å². The normalized spacial score (nSPS) is 19.0. The molecule has 32 heavy (non-hydrogen) atoms. The van der Waals surface area contributed by atoms with Crippen molar-refractivity contribution >= 4 is 24.2 Å². The molecule has 0 spiro atoms. The summed E-state index contributed by atoms with van der Waals surface area (Å²) in [5, 5.41) is 16.7. The van der Waals surface area contributed by atoms with Crippen molar-refractivity contribution in [2.75, 3.05) is 20.1 Å². The van der Waals surface area contributed by atoms with Gasteiger partial charge in [-0.05, 0) is 5.56 Å². The Hall–Kier alpha value is -4.13. The third kappa shape index (κ3) is 3.69. The molecule has 1 aromatic carbocycles. The highest BCUT2D eigenvalue weighted by Gasteiger charge is 2.50. The molecule has 2 aliphatic heterocycles. The Bertz CT molecular complexity index is 1070. The number of carbonyl (C=O) groups excluding carboxylic acids is 3. The third-order valence-corrected chi connectivity index (χ3v) is 5.38. The van der Waals surface area contributed by atoms with E-state index in [1.54, 1.807) is 0 Å². The molecule has 0 saturated carbocycles. The van der Waals surface area contributed by atoms with Gasteiger partial charge in [-0.15, -0.1) is 0 Å². The number of benzene rings is 1. The number of hydrogen-bond donors (Lipinski definition) is 3. The number of carbonyl (C=O) groups is 4. The van der Waals surface area contributed by atoms with Gasteiger partial charge in [-0.1, -0.05) is 30.3 Å². The Kier molecular flexibility index (Phi) is 5.40. The molecule has 4 rings (SSSR count). The summed E-state index contributed by atoms with van der Waals surface area (Å²) in [5.74, 6) is 0. The van der Waals surface area contributed by atoms with Gasteiger partial charge in [0.15, 0.2) is 0 Å². The lowest BCUT2D eigenvalue weighted by Gasteiger charge is -2.29. The number of hydrogen-bond acceptors (Lipinski definition) is 6. The summed E-state index contributed by atoms with van der Waals surface area (Å²) >= 11 is 0. The standard InChI is InChI=1S/C19H21N7O6/c1-23(16(20)27)18(30)25-8-12-14-9-24(13(15(12)22-25)7-21-17(28)29)19(31)26(14)32-10-11-5-3-2-4-6-11/h2-6,8,13-14,21H,7,9-10H2,1H3,(H2,20,27)(H,28,29). The van der Waals surface area contributed by atoms with Crippen molar-refractivity contribution in [1.82, 2.24) is 30.0 Å². The first-order valence-electron chi connectivity index (χ1n) is 9.68.